The van der Waals surface area contributed by atoms with Crippen LogP contribution in [0.3, 0.4) is 0 Å². The summed E-state index contributed by atoms with van der Waals surface area (Å²) in [5.74, 6) is 0.750. The normalized spacial score (nSPS) is 22.9. The van der Waals surface area contributed by atoms with Gasteiger partial charge >= 0.3 is 0 Å². The van der Waals surface area contributed by atoms with Crippen LogP contribution in [0.1, 0.15) is 33.6 Å². The van der Waals surface area contributed by atoms with Gasteiger partial charge in [0.05, 0.1) is 0 Å². The van der Waals surface area contributed by atoms with Crippen LogP contribution < -0.4 is 0 Å². The molecule has 0 N–H and O–H groups in total. The first kappa shape index (κ1) is 9.48. The van der Waals surface area contributed by atoms with E-state index < -0.39 is 0 Å². The van der Waals surface area contributed by atoms with Crippen LogP contribution in [-0.2, 0) is 0 Å². The summed E-state index contributed by atoms with van der Waals surface area (Å²) in [6.45, 7) is 6.08. The Morgan fingerprint density at radius 2 is 2.10 bits per heavy atom. The molecule has 1 aliphatic rings. The van der Waals surface area contributed by atoms with Crippen molar-refractivity contribution < 1.29 is 0 Å². The zero-order chi connectivity index (χ0) is 7.82. The highest BCUT2D eigenvalue weighted by Crippen LogP contribution is 2.17. The van der Waals surface area contributed by atoms with Crippen LogP contribution in [0.25, 0.3) is 0 Å². The van der Waals surface area contributed by atoms with E-state index >= 15 is 0 Å². The van der Waals surface area contributed by atoms with Crippen molar-refractivity contribution in [3.05, 3.63) is 24.3 Å². The Kier molecular flexibility index (Phi) is 6.25. The Labute approximate surface area is 64.6 Å². The molecule has 0 aromatic carbocycles. The zero-order valence-electron chi connectivity index (χ0n) is 7.30. The van der Waals surface area contributed by atoms with E-state index in [-0.39, 0.29) is 0 Å². The fourth-order valence-corrected chi connectivity index (χ4v) is 1.06. The summed E-state index contributed by atoms with van der Waals surface area (Å²) in [6, 6.07) is 0. The van der Waals surface area contributed by atoms with Crippen LogP contribution in [0.4, 0.5) is 0 Å². The molecule has 0 spiro atoms. The van der Waals surface area contributed by atoms with Crippen molar-refractivity contribution in [2.24, 2.45) is 5.92 Å². The van der Waals surface area contributed by atoms with E-state index in [2.05, 4.69) is 31.2 Å². The van der Waals surface area contributed by atoms with Gasteiger partial charge in [-0.1, -0.05) is 38.2 Å². The Balaban J connectivity index is 0.000000371. The Hall–Kier alpha value is -0.520. The predicted octanol–water partition coefficient (Wildman–Crippen LogP) is 3.55. The van der Waals surface area contributed by atoms with Gasteiger partial charge in [0.15, 0.2) is 0 Å². The fraction of sp³-hybridized carbons (Fsp3) is 0.600. The topological polar surface area (TPSA) is 0 Å². The lowest BCUT2D eigenvalue weighted by Gasteiger charge is -1.94. The van der Waals surface area contributed by atoms with Gasteiger partial charge in [-0.25, -0.2) is 0 Å². The maximum atomic E-state index is 2.28. The van der Waals surface area contributed by atoms with Gasteiger partial charge < -0.3 is 0 Å². The molecular formula is C10H18. The summed E-state index contributed by atoms with van der Waals surface area (Å²) in [6.07, 6.45) is 11.5. The molecule has 0 heteroatoms. The minimum Gasteiger partial charge on any atom is -0.0911 e. The molecule has 0 aromatic rings. The lowest BCUT2D eigenvalue weighted by atomic mass is 10.1. The molecule has 0 aromatic heterocycles. The highest BCUT2D eigenvalue weighted by molar-refractivity contribution is 5.05. The molecule has 1 aliphatic carbocycles. The second-order valence-corrected chi connectivity index (χ2v) is 2.20. The average Bonchev–Trinajstić information content (AvgIpc) is 2.46. The zero-order valence-corrected chi connectivity index (χ0v) is 7.30. The number of hydrogen-bond donors (Lipinski definition) is 0. The molecule has 1 atom stereocenters. The quantitative estimate of drug-likeness (QED) is 0.486. The molecule has 1 unspecified atom stereocenters. The Morgan fingerprint density at radius 1 is 1.40 bits per heavy atom. The van der Waals surface area contributed by atoms with E-state index in [0.29, 0.717) is 0 Å². The van der Waals surface area contributed by atoms with Gasteiger partial charge in [0.25, 0.3) is 0 Å². The van der Waals surface area contributed by atoms with Gasteiger partial charge in [0, 0.05) is 0 Å². The van der Waals surface area contributed by atoms with Crippen LogP contribution >= 0.6 is 0 Å². The van der Waals surface area contributed by atoms with Crippen LogP contribution in [0.5, 0.6) is 0 Å². The number of rotatable bonds is 1. The van der Waals surface area contributed by atoms with Gasteiger partial charge in [0.2, 0.25) is 0 Å². The monoisotopic (exact) mass is 138 g/mol. The van der Waals surface area contributed by atoms with Crippen LogP contribution in [0.15, 0.2) is 24.3 Å². The van der Waals surface area contributed by atoms with E-state index in [4.69, 9.17) is 0 Å². The van der Waals surface area contributed by atoms with Gasteiger partial charge in [-0.3, -0.25) is 0 Å². The second kappa shape index (κ2) is 6.60. The lowest BCUT2D eigenvalue weighted by molar-refractivity contribution is 0.771. The van der Waals surface area contributed by atoms with Crippen LogP contribution in [-0.4, -0.2) is 0 Å². The summed E-state index contributed by atoms with van der Waals surface area (Å²) in [7, 11) is 0. The van der Waals surface area contributed by atoms with E-state index in [0.717, 1.165) is 5.92 Å². The highest BCUT2D eigenvalue weighted by Gasteiger charge is 2.02. The van der Waals surface area contributed by atoms with Crippen molar-refractivity contribution in [2.75, 3.05) is 0 Å². The second-order valence-electron chi connectivity index (χ2n) is 2.20. The molecule has 0 aliphatic heterocycles. The first-order chi connectivity index (χ1) is 4.93. The van der Waals surface area contributed by atoms with Gasteiger partial charge in [-0.2, -0.15) is 0 Å². The van der Waals surface area contributed by atoms with Gasteiger partial charge in [-0.05, 0) is 25.7 Å². The van der Waals surface area contributed by atoms with E-state index in [9.17, 15) is 0 Å². The van der Waals surface area contributed by atoms with Crippen molar-refractivity contribution in [3.8, 4) is 0 Å². The minimum absolute atomic E-state index is 0.750. The molecule has 0 bridgehead atoms. The van der Waals surface area contributed by atoms with Gasteiger partial charge in [0.1, 0.15) is 0 Å². The average molecular weight is 138 g/mol. The number of hydrogen-bond acceptors (Lipinski definition) is 0. The SMILES string of the molecule is C/C=C\C1C=CCC1.CC. The molecule has 0 saturated heterocycles. The molecule has 0 radical (unpaired) electrons. The molecule has 0 heterocycles. The first-order valence-electron chi connectivity index (χ1n) is 4.23. The molecule has 58 valence electrons. The van der Waals surface area contributed by atoms with E-state index in [1.807, 2.05) is 13.8 Å². The molecule has 0 fully saturated rings. The summed E-state index contributed by atoms with van der Waals surface area (Å²) < 4.78 is 0. The first-order valence-corrected chi connectivity index (χ1v) is 4.23. The largest absolute Gasteiger partial charge is 0.0911 e. The molecule has 10 heavy (non-hydrogen) atoms. The van der Waals surface area contributed by atoms with Crippen molar-refractivity contribution in [2.45, 2.75) is 33.6 Å². The maximum absolute atomic E-state index is 2.28. The van der Waals surface area contributed by atoms with Crippen molar-refractivity contribution in [1.82, 2.24) is 0 Å². The number of allylic oxidation sites excluding steroid dienone is 4. The fourth-order valence-electron chi connectivity index (χ4n) is 1.06. The van der Waals surface area contributed by atoms with Crippen molar-refractivity contribution >= 4 is 0 Å². The van der Waals surface area contributed by atoms with Crippen molar-refractivity contribution in [1.29, 1.82) is 0 Å². The Bertz CT molecular complexity index is 109. The van der Waals surface area contributed by atoms with E-state index in [1.54, 1.807) is 0 Å². The maximum Gasteiger partial charge on any atom is -0.00507 e. The van der Waals surface area contributed by atoms with Crippen molar-refractivity contribution in [3.63, 3.8) is 0 Å². The third-order valence-corrected chi connectivity index (χ3v) is 1.49. The molecule has 0 saturated carbocycles. The summed E-state index contributed by atoms with van der Waals surface area (Å²) >= 11 is 0. The molecule has 0 nitrogen and oxygen atoms in total. The standard InChI is InChI=1S/C8H12.C2H6/c1-2-5-8-6-3-4-7-8;1-2/h2-3,5-6,8H,4,7H2,1H3;1-2H3/b5-2-;. The minimum atomic E-state index is 0.750. The molecule has 1 rings (SSSR count). The lowest BCUT2D eigenvalue weighted by Crippen LogP contribution is -1.81. The van der Waals surface area contributed by atoms with Crippen LogP contribution in [0.2, 0.25) is 0 Å². The van der Waals surface area contributed by atoms with E-state index in [1.165, 1.54) is 12.8 Å². The summed E-state index contributed by atoms with van der Waals surface area (Å²) in [5.41, 5.74) is 0. The third-order valence-electron chi connectivity index (χ3n) is 1.49. The summed E-state index contributed by atoms with van der Waals surface area (Å²) in [4.78, 5) is 0. The Morgan fingerprint density at radius 3 is 2.50 bits per heavy atom. The third kappa shape index (κ3) is 3.49. The van der Waals surface area contributed by atoms with Crippen LogP contribution in [0, 0.1) is 5.92 Å². The predicted molar refractivity (Wildman–Crippen MR) is 48.0 cm³/mol. The highest BCUT2D eigenvalue weighted by atomic mass is 14.1. The molecule has 0 amide bonds. The molecular weight excluding hydrogens is 120 g/mol. The smallest absolute Gasteiger partial charge is 0.00507 e. The summed E-state index contributed by atoms with van der Waals surface area (Å²) in [5, 5.41) is 0. The van der Waals surface area contributed by atoms with Gasteiger partial charge in [-0.15, -0.1) is 0 Å².